The first-order chi connectivity index (χ1) is 10.9. The zero-order chi connectivity index (χ0) is 19.8. The molecule has 0 atom stereocenters. The third kappa shape index (κ3) is 30.3. The predicted octanol–water partition coefficient (Wildman–Crippen LogP) is -1.15. The smallest absolute Gasteiger partial charge is 0.334 e. The van der Waals surface area contributed by atoms with Crippen molar-refractivity contribution in [3.05, 3.63) is 37.5 Å². The summed E-state index contributed by atoms with van der Waals surface area (Å²) in [5.41, 5.74) is 0.433. The van der Waals surface area contributed by atoms with Gasteiger partial charge in [0.15, 0.2) is 0 Å². The van der Waals surface area contributed by atoms with E-state index in [4.69, 9.17) is 4.74 Å². The molecule has 146 valence electrons. The molecule has 0 aliphatic carbocycles. The van der Waals surface area contributed by atoms with Crippen LogP contribution in [0, 0.1) is 0 Å². The van der Waals surface area contributed by atoms with Crippen molar-refractivity contribution in [3.63, 3.8) is 0 Å². The predicted molar refractivity (Wildman–Crippen MR) is 92.8 cm³/mol. The summed E-state index contributed by atoms with van der Waals surface area (Å²) in [7, 11) is 7.15. The number of esters is 3. The standard InChI is InChI=1S/C7H14NO2.2C5H8O2.ClH/c1-5-7(9)10-6-8(2,3)4;1-4(2)5(6)7-3;1-3-5(6)7-4-2;/h5H,1,6H2,2-4H3;1H2,2-3H3;3H,1,4H2,2H3;1H/q+1;;;/p-1. The summed E-state index contributed by atoms with van der Waals surface area (Å²) in [4.78, 5) is 30.8. The van der Waals surface area contributed by atoms with Gasteiger partial charge >= 0.3 is 17.9 Å². The number of methoxy groups -OCH3 is 1. The number of carbonyl (C=O) groups is 3. The number of halogens is 1. The third-order valence-electron chi connectivity index (χ3n) is 1.75. The molecule has 0 amide bonds. The van der Waals surface area contributed by atoms with Gasteiger partial charge in [-0.1, -0.05) is 19.7 Å². The van der Waals surface area contributed by atoms with Gasteiger partial charge < -0.3 is 26.6 Å². The van der Waals surface area contributed by atoms with Gasteiger partial charge in [0.2, 0.25) is 6.73 Å². The zero-order valence-electron chi connectivity index (χ0n) is 16.0. The average molecular weight is 380 g/mol. The molecule has 0 bridgehead atoms. The van der Waals surface area contributed by atoms with Crippen molar-refractivity contribution in [2.45, 2.75) is 13.8 Å². The molecule has 0 spiro atoms. The van der Waals surface area contributed by atoms with E-state index < -0.39 is 0 Å². The third-order valence-corrected chi connectivity index (χ3v) is 1.75. The number of ether oxygens (including phenoxy) is 3. The number of hydrogen-bond acceptors (Lipinski definition) is 6. The Hall–Kier alpha value is -2.12. The van der Waals surface area contributed by atoms with Crippen molar-refractivity contribution in [2.24, 2.45) is 0 Å². The number of quaternary nitrogens is 1. The molecular weight excluding hydrogens is 350 g/mol. The molecule has 25 heavy (non-hydrogen) atoms. The Labute approximate surface area is 156 Å². The van der Waals surface area contributed by atoms with Crippen molar-refractivity contribution >= 4 is 17.9 Å². The second kappa shape index (κ2) is 18.2. The van der Waals surface area contributed by atoms with Gasteiger partial charge in [-0.2, -0.15) is 0 Å². The van der Waals surface area contributed by atoms with E-state index >= 15 is 0 Å². The van der Waals surface area contributed by atoms with Gasteiger partial charge in [-0.05, 0) is 13.8 Å². The normalized spacial score (nSPS) is 8.56. The van der Waals surface area contributed by atoms with Gasteiger partial charge in [-0.3, -0.25) is 4.48 Å². The van der Waals surface area contributed by atoms with Gasteiger partial charge in [0.05, 0.1) is 34.9 Å². The minimum Gasteiger partial charge on any atom is -1.00 e. The molecule has 0 saturated heterocycles. The van der Waals surface area contributed by atoms with Crippen LogP contribution in [0.4, 0.5) is 0 Å². The van der Waals surface area contributed by atoms with Crippen LogP contribution < -0.4 is 12.4 Å². The van der Waals surface area contributed by atoms with Gasteiger partial charge in [0.1, 0.15) is 0 Å². The Balaban J connectivity index is -0.000000133. The quantitative estimate of drug-likeness (QED) is 0.191. The highest BCUT2D eigenvalue weighted by Gasteiger charge is 2.07. The molecule has 7 nitrogen and oxygen atoms in total. The van der Waals surface area contributed by atoms with Crippen LogP contribution in [0.1, 0.15) is 13.8 Å². The summed E-state index contributed by atoms with van der Waals surface area (Å²) in [5, 5.41) is 0. The van der Waals surface area contributed by atoms with Crippen molar-refractivity contribution in [2.75, 3.05) is 41.6 Å². The first-order valence-electron chi connectivity index (χ1n) is 7.07. The fourth-order valence-corrected chi connectivity index (χ4v) is 0.692. The molecule has 0 aromatic carbocycles. The minimum atomic E-state index is -0.368. The molecule has 0 aromatic heterocycles. The first kappa shape index (κ1) is 30.7. The van der Waals surface area contributed by atoms with E-state index in [0.29, 0.717) is 23.4 Å². The molecule has 0 fully saturated rings. The monoisotopic (exact) mass is 379 g/mol. The molecule has 0 N–H and O–H groups in total. The fraction of sp³-hybridized carbons (Fsp3) is 0.471. The van der Waals surface area contributed by atoms with Crippen LogP contribution in [-0.4, -0.2) is 64.0 Å². The number of hydrogen-bond donors (Lipinski definition) is 0. The van der Waals surface area contributed by atoms with Gasteiger partial charge in [0, 0.05) is 17.7 Å². The molecule has 0 radical (unpaired) electrons. The molecule has 0 rings (SSSR count). The maximum absolute atomic E-state index is 10.5. The van der Waals surface area contributed by atoms with Crippen molar-refractivity contribution in [1.29, 1.82) is 0 Å². The largest absolute Gasteiger partial charge is 1.00 e. The summed E-state index contributed by atoms with van der Waals surface area (Å²) >= 11 is 0. The van der Waals surface area contributed by atoms with Gasteiger partial charge in [0.25, 0.3) is 0 Å². The van der Waals surface area contributed by atoms with Crippen LogP contribution >= 0.6 is 0 Å². The Bertz CT molecular complexity index is 439. The van der Waals surface area contributed by atoms with Crippen molar-refractivity contribution in [3.8, 4) is 0 Å². The van der Waals surface area contributed by atoms with Crippen LogP contribution in [-0.2, 0) is 28.6 Å². The summed E-state index contributed by atoms with van der Waals surface area (Å²) in [5.74, 6) is -1.07. The highest BCUT2D eigenvalue weighted by Crippen LogP contribution is 1.90. The molecule has 0 aliphatic rings. The molecule has 0 heterocycles. The first-order valence-corrected chi connectivity index (χ1v) is 7.07. The van der Waals surface area contributed by atoms with E-state index in [9.17, 15) is 14.4 Å². The lowest BCUT2D eigenvalue weighted by Gasteiger charge is -2.22. The SMILES string of the molecule is C=C(C)C(=O)OC.C=CC(=O)OCC.C=CC(=O)OC[N+](C)(C)C.[Cl-]. The number of rotatable bonds is 6. The van der Waals surface area contributed by atoms with Crippen molar-refractivity contribution in [1.82, 2.24) is 0 Å². The van der Waals surface area contributed by atoms with Crippen molar-refractivity contribution < 1.29 is 45.5 Å². The second-order valence-electron chi connectivity index (χ2n) is 5.32. The van der Waals surface area contributed by atoms with Crippen LogP contribution in [0.5, 0.6) is 0 Å². The van der Waals surface area contributed by atoms with Gasteiger partial charge in [-0.15, -0.1) is 0 Å². The summed E-state index contributed by atoms with van der Waals surface area (Å²) in [6, 6.07) is 0. The van der Waals surface area contributed by atoms with Crippen LogP contribution in [0.2, 0.25) is 0 Å². The Kier molecular flexibility index (Phi) is 22.4. The molecular formula is C17H30ClNO6. The maximum Gasteiger partial charge on any atom is 0.334 e. The van der Waals surface area contributed by atoms with Gasteiger partial charge in [-0.25, -0.2) is 14.4 Å². The molecule has 0 aliphatic heterocycles. The molecule has 8 heteroatoms. The van der Waals surface area contributed by atoms with Crippen LogP contribution in [0.25, 0.3) is 0 Å². The summed E-state index contributed by atoms with van der Waals surface area (Å²) in [6.07, 6.45) is 2.30. The molecule has 0 saturated carbocycles. The number of carbonyl (C=O) groups excluding carboxylic acids is 3. The molecule has 0 aromatic rings. The Morgan fingerprint density at radius 2 is 1.40 bits per heavy atom. The summed E-state index contributed by atoms with van der Waals surface area (Å²) in [6.45, 7) is 14.0. The number of nitrogens with zero attached hydrogens (tertiary/aromatic N) is 1. The van der Waals surface area contributed by atoms with E-state index in [1.54, 1.807) is 13.8 Å². The van der Waals surface area contributed by atoms with E-state index in [0.717, 1.165) is 12.2 Å². The lowest BCUT2D eigenvalue weighted by Crippen LogP contribution is -3.00. The van der Waals surface area contributed by atoms with Crippen LogP contribution in [0.15, 0.2) is 37.5 Å². The van der Waals surface area contributed by atoms with E-state index in [2.05, 4.69) is 29.2 Å². The summed E-state index contributed by atoms with van der Waals surface area (Å²) < 4.78 is 14.1. The zero-order valence-corrected chi connectivity index (χ0v) is 16.7. The fourth-order valence-electron chi connectivity index (χ4n) is 0.692. The Morgan fingerprint density at radius 1 is 1.00 bits per heavy atom. The van der Waals surface area contributed by atoms with E-state index in [1.807, 2.05) is 21.1 Å². The van der Waals surface area contributed by atoms with Crippen LogP contribution in [0.3, 0.4) is 0 Å². The van der Waals surface area contributed by atoms with E-state index in [-0.39, 0.29) is 30.3 Å². The maximum atomic E-state index is 10.5. The minimum absolute atomic E-state index is 0. The Morgan fingerprint density at radius 3 is 1.56 bits per heavy atom. The lowest BCUT2D eigenvalue weighted by molar-refractivity contribution is -0.888. The topological polar surface area (TPSA) is 78.9 Å². The highest BCUT2D eigenvalue weighted by atomic mass is 35.5. The second-order valence-corrected chi connectivity index (χ2v) is 5.32. The van der Waals surface area contributed by atoms with E-state index in [1.165, 1.54) is 7.11 Å². The highest BCUT2D eigenvalue weighted by molar-refractivity contribution is 5.86. The lowest BCUT2D eigenvalue weighted by atomic mass is 10.4. The average Bonchev–Trinajstić information content (AvgIpc) is 2.52. The molecule has 0 unspecified atom stereocenters.